The summed E-state index contributed by atoms with van der Waals surface area (Å²) in [5.41, 5.74) is 14.0. The molecule has 0 heterocycles. The molecule has 0 spiro atoms. The number of nitrogen functional groups attached to an aromatic ring is 2. The summed E-state index contributed by atoms with van der Waals surface area (Å²) in [6.45, 7) is 3.88. The number of hydrogen-bond acceptors (Lipinski definition) is 6. The highest BCUT2D eigenvalue weighted by Gasteiger charge is 2.27. The van der Waals surface area contributed by atoms with Crippen molar-refractivity contribution >= 4 is 29.4 Å². The molecule has 0 bridgehead atoms. The van der Waals surface area contributed by atoms with Gasteiger partial charge in [-0.15, -0.1) is 6.58 Å². The van der Waals surface area contributed by atoms with Crippen LogP contribution in [-0.4, -0.2) is 11.9 Å². The summed E-state index contributed by atoms with van der Waals surface area (Å²) in [6, 6.07) is 12.1. The fourth-order valence-electron chi connectivity index (χ4n) is 3.91. The maximum Gasteiger partial charge on any atom is 0.331 e. The van der Waals surface area contributed by atoms with E-state index in [0.717, 1.165) is 43.2 Å². The molecular formula is C26H30N2O4. The molecule has 32 heavy (non-hydrogen) atoms. The van der Waals surface area contributed by atoms with Crippen LogP contribution in [0.1, 0.15) is 43.2 Å². The monoisotopic (exact) mass is 434 g/mol. The summed E-state index contributed by atoms with van der Waals surface area (Å²) in [4.78, 5) is 24.4. The molecule has 1 fully saturated rings. The van der Waals surface area contributed by atoms with Gasteiger partial charge in [0.05, 0.1) is 5.92 Å². The molecule has 6 heteroatoms. The van der Waals surface area contributed by atoms with Crippen molar-refractivity contribution in [1.29, 1.82) is 0 Å². The van der Waals surface area contributed by atoms with E-state index in [2.05, 4.69) is 6.58 Å². The lowest BCUT2D eigenvalue weighted by atomic mass is 9.80. The first-order valence-electron chi connectivity index (χ1n) is 10.9. The highest BCUT2D eigenvalue weighted by molar-refractivity contribution is 5.87. The zero-order chi connectivity index (χ0) is 22.9. The number of rotatable bonds is 8. The van der Waals surface area contributed by atoms with E-state index in [1.54, 1.807) is 48.5 Å². The molecule has 0 amide bonds. The Morgan fingerprint density at radius 2 is 1.66 bits per heavy atom. The maximum atomic E-state index is 12.4. The zero-order valence-electron chi connectivity index (χ0n) is 18.2. The summed E-state index contributed by atoms with van der Waals surface area (Å²) < 4.78 is 10.8. The lowest BCUT2D eigenvalue weighted by molar-refractivity contribution is -0.140. The predicted octanol–water partition coefficient (Wildman–Crippen LogP) is 4.90. The Balaban J connectivity index is 1.45. The van der Waals surface area contributed by atoms with Gasteiger partial charge in [0.25, 0.3) is 0 Å². The van der Waals surface area contributed by atoms with Crippen LogP contribution in [0.2, 0.25) is 0 Å². The van der Waals surface area contributed by atoms with Gasteiger partial charge in [-0.25, -0.2) is 4.79 Å². The normalized spacial score (nSPS) is 18.2. The molecular weight excluding hydrogens is 404 g/mol. The van der Waals surface area contributed by atoms with Gasteiger partial charge < -0.3 is 20.9 Å². The minimum atomic E-state index is -0.478. The van der Waals surface area contributed by atoms with Crippen molar-refractivity contribution in [2.45, 2.75) is 38.7 Å². The Morgan fingerprint density at radius 3 is 2.28 bits per heavy atom. The van der Waals surface area contributed by atoms with Gasteiger partial charge >= 0.3 is 11.9 Å². The number of esters is 2. The molecule has 0 radical (unpaired) electrons. The van der Waals surface area contributed by atoms with Gasteiger partial charge in [0.1, 0.15) is 12.4 Å². The van der Waals surface area contributed by atoms with Crippen LogP contribution in [0.5, 0.6) is 5.75 Å². The van der Waals surface area contributed by atoms with Crippen LogP contribution >= 0.6 is 0 Å². The summed E-state index contributed by atoms with van der Waals surface area (Å²) in [5.74, 6) is 0.450. The molecule has 1 aliphatic rings. The Kier molecular flexibility index (Phi) is 8.08. The third kappa shape index (κ3) is 7.01. The van der Waals surface area contributed by atoms with Crippen LogP contribution in [0.4, 0.5) is 11.4 Å². The van der Waals surface area contributed by atoms with E-state index in [1.807, 2.05) is 6.08 Å². The molecule has 1 aliphatic carbocycles. The summed E-state index contributed by atoms with van der Waals surface area (Å²) >= 11 is 0. The second kappa shape index (κ2) is 11.2. The molecule has 1 saturated carbocycles. The van der Waals surface area contributed by atoms with E-state index in [0.29, 0.717) is 23.0 Å². The Hall–Kier alpha value is -3.54. The number of allylic oxidation sites excluding steroid dienone is 1. The van der Waals surface area contributed by atoms with Crippen molar-refractivity contribution in [3.05, 3.63) is 72.3 Å². The van der Waals surface area contributed by atoms with Crippen molar-refractivity contribution in [1.82, 2.24) is 0 Å². The topological polar surface area (TPSA) is 105 Å². The molecule has 0 atom stereocenters. The van der Waals surface area contributed by atoms with E-state index in [9.17, 15) is 9.59 Å². The predicted molar refractivity (Wildman–Crippen MR) is 126 cm³/mol. The van der Waals surface area contributed by atoms with Crippen LogP contribution in [0.3, 0.4) is 0 Å². The molecule has 0 unspecified atom stereocenters. The summed E-state index contributed by atoms with van der Waals surface area (Å²) in [7, 11) is 0. The van der Waals surface area contributed by atoms with Gasteiger partial charge in [0.2, 0.25) is 0 Å². The van der Waals surface area contributed by atoms with Crippen LogP contribution in [0, 0.1) is 11.8 Å². The molecule has 6 nitrogen and oxygen atoms in total. The van der Waals surface area contributed by atoms with Gasteiger partial charge in [-0.1, -0.05) is 18.2 Å². The number of ether oxygens (including phenoxy) is 2. The van der Waals surface area contributed by atoms with Crippen LogP contribution in [0.15, 0.2) is 61.2 Å². The molecule has 0 aromatic heterocycles. The summed E-state index contributed by atoms with van der Waals surface area (Å²) in [5, 5.41) is 0. The number of hydrogen-bond donors (Lipinski definition) is 2. The summed E-state index contributed by atoms with van der Waals surface area (Å²) in [6.07, 6.45) is 9.76. The van der Waals surface area contributed by atoms with Gasteiger partial charge in [-0.3, -0.25) is 4.79 Å². The second-order valence-corrected chi connectivity index (χ2v) is 8.18. The molecule has 0 saturated heterocycles. The van der Waals surface area contributed by atoms with Gasteiger partial charge in [-0.05, 0) is 85.6 Å². The van der Waals surface area contributed by atoms with E-state index in [1.165, 1.54) is 6.08 Å². The number of benzene rings is 2. The van der Waals surface area contributed by atoms with E-state index >= 15 is 0 Å². The van der Waals surface area contributed by atoms with Crippen LogP contribution < -0.4 is 16.2 Å². The average molecular weight is 435 g/mol. The van der Waals surface area contributed by atoms with E-state index in [-0.39, 0.29) is 18.5 Å². The van der Waals surface area contributed by atoms with Crippen molar-refractivity contribution in [3.8, 4) is 5.75 Å². The number of carbonyl (C=O) groups excluding carboxylic acids is 2. The lowest BCUT2D eigenvalue weighted by Gasteiger charge is -2.26. The molecule has 2 aromatic rings. The Morgan fingerprint density at radius 1 is 1.00 bits per heavy atom. The smallest absolute Gasteiger partial charge is 0.331 e. The van der Waals surface area contributed by atoms with Gasteiger partial charge in [0.15, 0.2) is 0 Å². The fraction of sp³-hybridized carbons (Fsp3) is 0.308. The van der Waals surface area contributed by atoms with Crippen molar-refractivity contribution < 1.29 is 19.1 Å². The highest BCUT2D eigenvalue weighted by Crippen LogP contribution is 2.32. The first-order valence-corrected chi connectivity index (χ1v) is 10.9. The van der Waals surface area contributed by atoms with Crippen molar-refractivity contribution in [2.24, 2.45) is 11.8 Å². The highest BCUT2D eigenvalue weighted by atomic mass is 16.5. The quantitative estimate of drug-likeness (QED) is 0.201. The minimum Gasteiger partial charge on any atom is -0.458 e. The van der Waals surface area contributed by atoms with Crippen molar-refractivity contribution in [2.75, 3.05) is 11.5 Å². The Labute approximate surface area is 188 Å². The third-order valence-corrected chi connectivity index (χ3v) is 5.61. The standard InChI is InChI=1S/C26H30N2O4/c1-2-3-18-4-9-21(10-5-18)26(30)32-24-11-6-19(7-12-24)8-13-25(29)31-17-20-14-22(27)16-23(28)15-20/h2,6-8,11-16,18,21H,1,3-5,9-10,17,27-28H2/b13-8+. The van der Waals surface area contributed by atoms with E-state index in [4.69, 9.17) is 20.9 Å². The first-order chi connectivity index (χ1) is 15.4. The SMILES string of the molecule is C=CCC1CCC(C(=O)Oc2ccc(/C=C/C(=O)OCc3cc(N)cc(N)c3)cc2)CC1. The van der Waals surface area contributed by atoms with Gasteiger partial charge in [-0.2, -0.15) is 0 Å². The van der Waals surface area contributed by atoms with Crippen LogP contribution in [-0.2, 0) is 20.9 Å². The van der Waals surface area contributed by atoms with Crippen LogP contribution in [0.25, 0.3) is 6.08 Å². The molecule has 168 valence electrons. The molecule has 4 N–H and O–H groups in total. The fourth-order valence-corrected chi connectivity index (χ4v) is 3.91. The van der Waals surface area contributed by atoms with Gasteiger partial charge in [0, 0.05) is 17.5 Å². The van der Waals surface area contributed by atoms with Crippen molar-refractivity contribution in [3.63, 3.8) is 0 Å². The first kappa shape index (κ1) is 23.1. The average Bonchev–Trinajstić information content (AvgIpc) is 2.77. The second-order valence-electron chi connectivity index (χ2n) is 8.18. The molecule has 2 aromatic carbocycles. The lowest BCUT2D eigenvalue weighted by Crippen LogP contribution is -2.25. The molecule has 3 rings (SSSR count). The largest absolute Gasteiger partial charge is 0.458 e. The number of carbonyl (C=O) groups is 2. The maximum absolute atomic E-state index is 12.4. The third-order valence-electron chi connectivity index (χ3n) is 5.61. The number of anilines is 2. The van der Waals surface area contributed by atoms with E-state index < -0.39 is 5.97 Å². The zero-order valence-corrected chi connectivity index (χ0v) is 18.2. The Bertz CT molecular complexity index is 954. The minimum absolute atomic E-state index is 0.0410. The molecule has 0 aliphatic heterocycles. The number of nitrogens with two attached hydrogens (primary N) is 2.